The summed E-state index contributed by atoms with van der Waals surface area (Å²) < 4.78 is 0. The number of rotatable bonds is 10. The molecule has 0 unspecified atom stereocenters. The second kappa shape index (κ2) is 18.3. The van der Waals surface area contributed by atoms with E-state index in [1.54, 1.807) is 0 Å². The lowest BCUT2D eigenvalue weighted by Gasteiger charge is -2.29. The van der Waals surface area contributed by atoms with Gasteiger partial charge in [0.15, 0.2) is 0 Å². The Balaban J connectivity index is 0.778. The molecule has 0 radical (unpaired) electrons. The van der Waals surface area contributed by atoms with Gasteiger partial charge in [-0.15, -0.1) is 0 Å². The van der Waals surface area contributed by atoms with Crippen molar-refractivity contribution in [3.05, 3.63) is 277 Å². The molecule has 0 aliphatic rings. The summed E-state index contributed by atoms with van der Waals surface area (Å²) in [6, 6.07) is 92.7. The Morgan fingerprint density at radius 2 is 0.557 bits per heavy atom. The Labute approximate surface area is 410 Å². The van der Waals surface area contributed by atoms with E-state index in [1.165, 1.54) is 99.2 Å². The highest BCUT2D eigenvalue weighted by atomic mass is 15.2. The predicted molar refractivity (Wildman–Crippen MR) is 302 cm³/mol. The monoisotopic (exact) mass is 894 g/mol. The number of hydrogen-bond acceptors (Lipinski definition) is 2. The lowest BCUT2D eigenvalue weighted by Crippen LogP contribution is -2.12. The first-order valence-corrected chi connectivity index (χ1v) is 24.2. The lowest BCUT2D eigenvalue weighted by molar-refractivity contribution is 1.26. The van der Waals surface area contributed by atoms with Crippen molar-refractivity contribution < 1.29 is 0 Å². The predicted octanol–water partition coefficient (Wildman–Crippen LogP) is 19.4. The Bertz CT molecular complexity index is 3630. The first kappa shape index (κ1) is 42.4. The van der Waals surface area contributed by atoms with Gasteiger partial charge in [0.1, 0.15) is 0 Å². The molecule has 0 atom stereocenters. The number of benzene rings is 12. The fourth-order valence-electron chi connectivity index (χ4n) is 10.3. The zero-order valence-electron chi connectivity index (χ0n) is 39.3. The van der Waals surface area contributed by atoms with Gasteiger partial charge in [-0.25, -0.2) is 0 Å². The second-order valence-corrected chi connectivity index (χ2v) is 18.2. The molecule has 0 fully saturated rings. The van der Waals surface area contributed by atoms with Gasteiger partial charge in [-0.05, 0) is 139 Å². The molecule has 0 heterocycles. The summed E-state index contributed by atoms with van der Waals surface area (Å²) in [5.41, 5.74) is 16.4. The van der Waals surface area contributed by atoms with Crippen molar-refractivity contribution in [3.63, 3.8) is 0 Å². The van der Waals surface area contributed by atoms with Crippen molar-refractivity contribution in [2.75, 3.05) is 9.80 Å². The standard InChI is InChI=1S/C68H50N2/c1-47-15-3-13-25-65(47)69(67-45-55-17-5-7-19-59(55)61-21-9-11-23-63(61)67)57-41-37-53(38-42-57)51-33-29-49(30-34-51)27-28-50-31-35-52(36-32-50)54-39-43-58(44-40-54)70(66-26-14-4-16-48(66)2)68-46-56-18-6-8-20-60(56)62-22-10-12-24-64(62)68/h3-46H,1-2H3/b28-27+. The van der Waals surface area contributed by atoms with Gasteiger partial charge in [0.25, 0.3) is 0 Å². The normalized spacial score (nSPS) is 11.5. The van der Waals surface area contributed by atoms with Gasteiger partial charge < -0.3 is 9.80 Å². The number of nitrogens with zero attached hydrogens (tertiary/aromatic N) is 2. The van der Waals surface area contributed by atoms with Gasteiger partial charge in [-0.2, -0.15) is 0 Å². The third-order valence-electron chi connectivity index (χ3n) is 13.9. The van der Waals surface area contributed by atoms with Crippen molar-refractivity contribution >= 4 is 89.4 Å². The van der Waals surface area contributed by atoms with Crippen LogP contribution in [0.25, 0.3) is 77.5 Å². The molecular formula is C68H50N2. The minimum atomic E-state index is 1.12. The van der Waals surface area contributed by atoms with E-state index in [2.05, 4.69) is 291 Å². The molecule has 0 aliphatic heterocycles. The maximum Gasteiger partial charge on any atom is 0.0546 e. The molecule has 70 heavy (non-hydrogen) atoms. The molecule has 2 heteroatoms. The first-order valence-electron chi connectivity index (χ1n) is 24.2. The maximum atomic E-state index is 2.42. The summed E-state index contributed by atoms with van der Waals surface area (Å²) in [5, 5.41) is 9.97. The maximum absolute atomic E-state index is 2.42. The zero-order valence-corrected chi connectivity index (χ0v) is 39.3. The highest BCUT2D eigenvalue weighted by molar-refractivity contribution is 6.16. The molecule has 12 rings (SSSR count). The van der Waals surface area contributed by atoms with Gasteiger partial charge in [0.05, 0.1) is 11.4 Å². The average molecular weight is 895 g/mol. The van der Waals surface area contributed by atoms with Gasteiger partial charge in [0, 0.05) is 33.5 Å². The Morgan fingerprint density at radius 1 is 0.257 bits per heavy atom. The van der Waals surface area contributed by atoms with Crippen molar-refractivity contribution in [3.8, 4) is 22.3 Å². The number of aryl methyl sites for hydroxylation is 2. The van der Waals surface area contributed by atoms with Gasteiger partial charge in [-0.3, -0.25) is 0 Å². The summed E-state index contributed by atoms with van der Waals surface area (Å²) in [6.45, 7) is 4.39. The zero-order chi connectivity index (χ0) is 47.0. The van der Waals surface area contributed by atoms with E-state index in [4.69, 9.17) is 0 Å². The van der Waals surface area contributed by atoms with E-state index in [0.29, 0.717) is 0 Å². The van der Waals surface area contributed by atoms with Crippen LogP contribution in [0, 0.1) is 13.8 Å². The van der Waals surface area contributed by atoms with Gasteiger partial charge >= 0.3 is 0 Å². The number of fused-ring (bicyclic) bond motifs is 6. The minimum Gasteiger partial charge on any atom is -0.310 e. The van der Waals surface area contributed by atoms with Crippen LogP contribution in [0.3, 0.4) is 0 Å². The van der Waals surface area contributed by atoms with Crippen LogP contribution in [0.2, 0.25) is 0 Å². The molecule has 12 aromatic rings. The van der Waals surface area contributed by atoms with Crippen LogP contribution in [0.5, 0.6) is 0 Å². The lowest BCUT2D eigenvalue weighted by atomic mass is 9.98. The molecule has 0 aliphatic carbocycles. The van der Waals surface area contributed by atoms with Gasteiger partial charge in [0.2, 0.25) is 0 Å². The number of hydrogen-bond donors (Lipinski definition) is 0. The molecule has 2 nitrogen and oxygen atoms in total. The summed E-state index contributed by atoms with van der Waals surface area (Å²) in [4.78, 5) is 4.83. The quantitative estimate of drug-likeness (QED) is 0.0997. The SMILES string of the molecule is Cc1ccccc1N(c1ccc(-c2ccc(/C=C/c3ccc(-c4ccc(N(c5ccccc5C)c5cc6ccccc6c6ccccc56)cc4)cc3)cc2)cc1)c1cc2ccccc2c2ccccc12. The molecule has 0 saturated carbocycles. The third kappa shape index (κ3) is 7.96. The van der Waals surface area contributed by atoms with Crippen LogP contribution >= 0.6 is 0 Å². The second-order valence-electron chi connectivity index (χ2n) is 18.2. The van der Waals surface area contributed by atoms with Crippen LogP contribution in [-0.4, -0.2) is 0 Å². The van der Waals surface area contributed by atoms with Crippen molar-refractivity contribution in [1.29, 1.82) is 0 Å². The fourth-order valence-corrected chi connectivity index (χ4v) is 10.3. The number of para-hydroxylation sites is 2. The molecule has 0 spiro atoms. The van der Waals surface area contributed by atoms with Crippen molar-refractivity contribution in [1.82, 2.24) is 0 Å². The Kier molecular flexibility index (Phi) is 11.1. The van der Waals surface area contributed by atoms with E-state index in [9.17, 15) is 0 Å². The summed E-state index contributed by atoms with van der Waals surface area (Å²) in [7, 11) is 0. The number of anilines is 6. The molecule has 332 valence electrons. The van der Waals surface area contributed by atoms with Gasteiger partial charge in [-0.1, -0.05) is 218 Å². The van der Waals surface area contributed by atoms with Crippen LogP contribution < -0.4 is 9.80 Å². The van der Waals surface area contributed by atoms with Crippen LogP contribution in [0.4, 0.5) is 34.1 Å². The third-order valence-corrected chi connectivity index (χ3v) is 13.9. The summed E-state index contributed by atoms with van der Waals surface area (Å²) in [5.74, 6) is 0. The fraction of sp³-hybridized carbons (Fsp3) is 0.0294. The van der Waals surface area contributed by atoms with E-state index < -0.39 is 0 Å². The summed E-state index contributed by atoms with van der Waals surface area (Å²) in [6.07, 6.45) is 4.39. The van der Waals surface area contributed by atoms with Crippen LogP contribution in [0.1, 0.15) is 22.3 Å². The smallest absolute Gasteiger partial charge is 0.0546 e. The Hall–Kier alpha value is -8.98. The minimum absolute atomic E-state index is 1.12. The van der Waals surface area contributed by atoms with Crippen molar-refractivity contribution in [2.24, 2.45) is 0 Å². The highest BCUT2D eigenvalue weighted by Crippen LogP contribution is 2.45. The molecule has 0 bridgehead atoms. The van der Waals surface area contributed by atoms with E-state index in [1.807, 2.05) is 0 Å². The molecular weight excluding hydrogens is 845 g/mol. The Morgan fingerprint density at radius 3 is 0.929 bits per heavy atom. The molecule has 12 aromatic carbocycles. The van der Waals surface area contributed by atoms with Crippen molar-refractivity contribution in [2.45, 2.75) is 13.8 Å². The highest BCUT2D eigenvalue weighted by Gasteiger charge is 2.20. The average Bonchev–Trinajstić information content (AvgIpc) is 3.42. The molecule has 0 amide bonds. The van der Waals surface area contributed by atoms with E-state index in [-0.39, 0.29) is 0 Å². The topological polar surface area (TPSA) is 6.48 Å². The molecule has 0 saturated heterocycles. The van der Waals surface area contributed by atoms with Crippen LogP contribution in [0.15, 0.2) is 255 Å². The molecule has 0 aromatic heterocycles. The van der Waals surface area contributed by atoms with E-state index >= 15 is 0 Å². The summed E-state index contributed by atoms with van der Waals surface area (Å²) >= 11 is 0. The van der Waals surface area contributed by atoms with Crippen LogP contribution in [-0.2, 0) is 0 Å². The van der Waals surface area contributed by atoms with E-state index in [0.717, 1.165) is 22.5 Å². The largest absolute Gasteiger partial charge is 0.310 e. The molecule has 0 N–H and O–H groups in total. The first-order chi connectivity index (χ1) is 34.5.